The van der Waals surface area contributed by atoms with Crippen LogP contribution in [0.25, 0.3) is 0 Å². The third-order valence-electron chi connectivity index (χ3n) is 3.87. The van der Waals surface area contributed by atoms with E-state index in [0.717, 1.165) is 17.0 Å². The van der Waals surface area contributed by atoms with Gasteiger partial charge in [0, 0.05) is 24.3 Å². The number of aromatic nitrogens is 2. The lowest BCUT2D eigenvalue weighted by Crippen LogP contribution is -2.40. The molecule has 0 aromatic carbocycles. The summed E-state index contributed by atoms with van der Waals surface area (Å²) < 4.78 is 1.86. The number of hydrogen-bond donors (Lipinski definition) is 2. The van der Waals surface area contributed by atoms with Crippen LogP contribution in [0.5, 0.6) is 0 Å². The van der Waals surface area contributed by atoms with Crippen LogP contribution in [0.4, 0.5) is 0 Å². The third-order valence-corrected chi connectivity index (χ3v) is 4.07. The second-order valence-corrected chi connectivity index (χ2v) is 5.79. The molecular weight excluding hydrogens is 270 g/mol. The Labute approximate surface area is 125 Å². The van der Waals surface area contributed by atoms with Crippen molar-refractivity contribution in [2.45, 2.75) is 52.0 Å². The Bertz CT molecular complexity index is 500. The van der Waals surface area contributed by atoms with E-state index in [9.17, 15) is 0 Å². The Morgan fingerprint density at radius 2 is 2.05 bits per heavy atom. The molecule has 6 heteroatoms. The van der Waals surface area contributed by atoms with Gasteiger partial charge in [0.15, 0.2) is 5.11 Å². The lowest BCUT2D eigenvalue weighted by atomic mass is 9.96. The Kier molecular flexibility index (Phi) is 5.11. The van der Waals surface area contributed by atoms with Gasteiger partial charge in [0.25, 0.3) is 0 Å². The van der Waals surface area contributed by atoms with E-state index in [0.29, 0.717) is 11.2 Å². The summed E-state index contributed by atoms with van der Waals surface area (Å²) in [7, 11) is 1.93. The molecule has 1 aliphatic rings. The zero-order valence-corrected chi connectivity index (χ0v) is 13.3. The van der Waals surface area contributed by atoms with Crippen molar-refractivity contribution < 1.29 is 0 Å². The van der Waals surface area contributed by atoms with Crippen molar-refractivity contribution in [1.82, 2.24) is 20.5 Å². The normalized spacial score (nSPS) is 16.6. The summed E-state index contributed by atoms with van der Waals surface area (Å²) in [5, 5.41) is 12.5. The standard InChI is InChI=1S/C14H23N5S/c1-10-13(11(2)19(3)18-10)9-15-17-14(20)16-12-7-5-4-6-8-12/h9,12H,4-8H2,1-3H3,(H2,16,17,20)/b15-9-. The molecule has 1 heterocycles. The van der Waals surface area contributed by atoms with Gasteiger partial charge in [-0.15, -0.1) is 0 Å². The second kappa shape index (κ2) is 6.83. The largest absolute Gasteiger partial charge is 0.359 e. The summed E-state index contributed by atoms with van der Waals surface area (Å²) in [6.45, 7) is 4.01. The van der Waals surface area contributed by atoms with E-state index in [1.54, 1.807) is 6.21 Å². The first-order chi connectivity index (χ1) is 9.58. The highest BCUT2D eigenvalue weighted by atomic mass is 32.1. The van der Waals surface area contributed by atoms with Gasteiger partial charge in [-0.25, -0.2) is 0 Å². The Hall–Kier alpha value is -1.43. The van der Waals surface area contributed by atoms with E-state index < -0.39 is 0 Å². The molecular formula is C14H23N5S. The molecule has 0 aliphatic heterocycles. The first-order valence-corrected chi connectivity index (χ1v) is 7.58. The van der Waals surface area contributed by atoms with Crippen LogP contribution in [0.15, 0.2) is 5.10 Å². The predicted molar refractivity (Wildman–Crippen MR) is 86.0 cm³/mol. The maximum atomic E-state index is 5.26. The molecule has 1 aliphatic carbocycles. The lowest BCUT2D eigenvalue weighted by Gasteiger charge is -2.23. The topological polar surface area (TPSA) is 54.2 Å². The van der Waals surface area contributed by atoms with Crippen LogP contribution in [0, 0.1) is 13.8 Å². The number of aryl methyl sites for hydroxylation is 2. The molecule has 1 fully saturated rings. The molecule has 5 nitrogen and oxygen atoms in total. The monoisotopic (exact) mass is 293 g/mol. The van der Waals surface area contributed by atoms with Gasteiger partial charge in [-0.05, 0) is 38.9 Å². The fraction of sp³-hybridized carbons (Fsp3) is 0.643. The minimum Gasteiger partial charge on any atom is -0.359 e. The molecule has 2 N–H and O–H groups in total. The highest BCUT2D eigenvalue weighted by molar-refractivity contribution is 7.80. The maximum Gasteiger partial charge on any atom is 0.187 e. The predicted octanol–water partition coefficient (Wildman–Crippen LogP) is 2.17. The Morgan fingerprint density at radius 1 is 1.35 bits per heavy atom. The van der Waals surface area contributed by atoms with Crippen LogP contribution < -0.4 is 10.7 Å². The molecule has 1 saturated carbocycles. The van der Waals surface area contributed by atoms with Crippen LogP contribution in [-0.2, 0) is 7.05 Å². The number of thiocarbonyl (C=S) groups is 1. The smallest absolute Gasteiger partial charge is 0.187 e. The van der Waals surface area contributed by atoms with E-state index in [4.69, 9.17) is 12.2 Å². The van der Waals surface area contributed by atoms with Crippen molar-refractivity contribution in [2.24, 2.45) is 12.1 Å². The van der Waals surface area contributed by atoms with Crippen LogP contribution >= 0.6 is 12.2 Å². The molecule has 0 amide bonds. The fourth-order valence-corrected chi connectivity index (χ4v) is 2.82. The summed E-state index contributed by atoms with van der Waals surface area (Å²) in [5.74, 6) is 0. The van der Waals surface area contributed by atoms with Gasteiger partial charge in [-0.2, -0.15) is 10.2 Å². The van der Waals surface area contributed by atoms with Crippen LogP contribution in [0.3, 0.4) is 0 Å². The molecule has 0 bridgehead atoms. The molecule has 0 spiro atoms. The first kappa shape index (κ1) is 15.0. The Morgan fingerprint density at radius 3 is 2.65 bits per heavy atom. The van der Waals surface area contributed by atoms with Crippen molar-refractivity contribution >= 4 is 23.5 Å². The summed E-state index contributed by atoms with van der Waals surface area (Å²) in [5.41, 5.74) is 6.01. The first-order valence-electron chi connectivity index (χ1n) is 7.17. The summed E-state index contributed by atoms with van der Waals surface area (Å²) in [6.07, 6.45) is 8.11. The minimum atomic E-state index is 0.501. The summed E-state index contributed by atoms with van der Waals surface area (Å²) >= 11 is 5.26. The van der Waals surface area contributed by atoms with Crippen LogP contribution in [0.1, 0.15) is 49.1 Å². The number of nitrogens with one attached hydrogen (secondary N) is 2. The Balaban J connectivity index is 1.84. The van der Waals surface area contributed by atoms with Gasteiger partial charge >= 0.3 is 0 Å². The molecule has 0 saturated heterocycles. The lowest BCUT2D eigenvalue weighted by molar-refractivity contribution is 0.412. The van der Waals surface area contributed by atoms with Crippen molar-refractivity contribution in [2.75, 3.05) is 0 Å². The van der Waals surface area contributed by atoms with E-state index in [-0.39, 0.29) is 0 Å². The van der Waals surface area contributed by atoms with E-state index >= 15 is 0 Å². The molecule has 0 atom stereocenters. The molecule has 1 aromatic heterocycles. The van der Waals surface area contributed by atoms with Crippen molar-refractivity contribution in [3.8, 4) is 0 Å². The average molecular weight is 293 g/mol. The molecule has 1 aromatic rings. The van der Waals surface area contributed by atoms with Crippen molar-refractivity contribution in [1.29, 1.82) is 0 Å². The van der Waals surface area contributed by atoms with Gasteiger partial charge in [-0.1, -0.05) is 19.3 Å². The van der Waals surface area contributed by atoms with Gasteiger partial charge in [0.2, 0.25) is 0 Å². The van der Waals surface area contributed by atoms with Gasteiger partial charge in [-0.3, -0.25) is 10.1 Å². The number of nitrogens with zero attached hydrogens (tertiary/aromatic N) is 3. The van der Waals surface area contributed by atoms with Gasteiger partial charge < -0.3 is 5.32 Å². The number of rotatable bonds is 3. The van der Waals surface area contributed by atoms with Gasteiger partial charge in [0.1, 0.15) is 0 Å². The number of hydrazone groups is 1. The molecule has 20 heavy (non-hydrogen) atoms. The van der Waals surface area contributed by atoms with Crippen LogP contribution in [-0.4, -0.2) is 27.1 Å². The number of hydrogen-bond acceptors (Lipinski definition) is 3. The highest BCUT2D eigenvalue weighted by Gasteiger charge is 2.13. The summed E-state index contributed by atoms with van der Waals surface area (Å²) in [4.78, 5) is 0. The molecule has 110 valence electrons. The van der Waals surface area contributed by atoms with Crippen LogP contribution in [0.2, 0.25) is 0 Å². The third kappa shape index (κ3) is 3.79. The van der Waals surface area contributed by atoms with Crippen molar-refractivity contribution in [3.05, 3.63) is 17.0 Å². The molecule has 0 radical (unpaired) electrons. The van der Waals surface area contributed by atoms with Crippen molar-refractivity contribution in [3.63, 3.8) is 0 Å². The molecule has 0 unspecified atom stereocenters. The zero-order valence-electron chi connectivity index (χ0n) is 12.4. The molecule has 2 rings (SSSR count). The maximum absolute atomic E-state index is 5.26. The highest BCUT2D eigenvalue weighted by Crippen LogP contribution is 2.17. The average Bonchev–Trinajstić information content (AvgIpc) is 2.66. The SMILES string of the molecule is Cc1nn(C)c(C)c1/C=N\NC(=S)NC1CCCCC1. The minimum absolute atomic E-state index is 0.501. The van der Waals surface area contributed by atoms with E-state index in [1.807, 2.05) is 25.6 Å². The van der Waals surface area contributed by atoms with E-state index in [2.05, 4.69) is 20.9 Å². The fourth-order valence-electron chi connectivity index (χ4n) is 2.60. The van der Waals surface area contributed by atoms with E-state index in [1.165, 1.54) is 32.1 Å². The zero-order chi connectivity index (χ0) is 14.5. The van der Waals surface area contributed by atoms with Gasteiger partial charge in [0.05, 0.1) is 11.9 Å². The second-order valence-electron chi connectivity index (χ2n) is 5.39. The summed E-state index contributed by atoms with van der Waals surface area (Å²) in [6, 6.07) is 0.501. The quantitative estimate of drug-likeness (QED) is 0.509.